The summed E-state index contributed by atoms with van der Waals surface area (Å²) in [4.78, 5) is 39.8. The molecule has 1 amide bonds. The van der Waals surface area contributed by atoms with E-state index in [-0.39, 0.29) is 12.5 Å². The van der Waals surface area contributed by atoms with Crippen molar-refractivity contribution >= 4 is 11.6 Å². The van der Waals surface area contributed by atoms with Crippen LogP contribution in [0.5, 0.6) is 5.75 Å². The maximum Gasteiger partial charge on any atom is 0.321 e. The van der Waals surface area contributed by atoms with Gasteiger partial charge in [-0.3, -0.25) is 23.5 Å². The summed E-state index contributed by atoms with van der Waals surface area (Å²) in [5, 5.41) is 0. The Morgan fingerprint density at radius 2 is 1.69 bits per heavy atom. The lowest BCUT2D eigenvalue weighted by Gasteiger charge is -2.18. The molecular formula is C22H21N3O4. The fourth-order valence-electron chi connectivity index (χ4n) is 3.58. The molecule has 0 N–H and O–H groups in total. The number of ether oxygens (including phenoxy) is 1. The predicted molar refractivity (Wildman–Crippen MR) is 110 cm³/mol. The van der Waals surface area contributed by atoms with Gasteiger partial charge in [-0.05, 0) is 37.1 Å². The Morgan fingerprint density at radius 3 is 2.48 bits per heavy atom. The fraction of sp³-hybridized carbons (Fsp3) is 0.227. The fourth-order valence-corrected chi connectivity index (χ4v) is 3.58. The maximum atomic E-state index is 12.8. The number of hydrogen-bond donors (Lipinski definition) is 0. The van der Waals surface area contributed by atoms with E-state index in [1.807, 2.05) is 31.2 Å². The van der Waals surface area contributed by atoms with Crippen LogP contribution in [0.25, 0.3) is 5.69 Å². The number of para-hydroxylation sites is 3. The van der Waals surface area contributed by atoms with Crippen LogP contribution < -0.4 is 20.8 Å². The molecule has 1 aliphatic heterocycles. The van der Waals surface area contributed by atoms with Crippen LogP contribution in [0.15, 0.2) is 70.5 Å². The zero-order valence-electron chi connectivity index (χ0n) is 16.1. The smallest absolute Gasteiger partial charge is 0.321 e. The van der Waals surface area contributed by atoms with Crippen LogP contribution in [0, 0.1) is 0 Å². The summed E-state index contributed by atoms with van der Waals surface area (Å²) in [6, 6.07) is 14.7. The quantitative estimate of drug-likeness (QED) is 0.624. The Morgan fingerprint density at radius 1 is 0.966 bits per heavy atom. The summed E-state index contributed by atoms with van der Waals surface area (Å²) in [6.45, 7) is 2.68. The zero-order chi connectivity index (χ0) is 20.4. The first-order valence-electron chi connectivity index (χ1n) is 9.52. The van der Waals surface area contributed by atoms with Gasteiger partial charge in [0, 0.05) is 24.6 Å². The van der Waals surface area contributed by atoms with Crippen molar-refractivity contribution in [3.8, 4) is 11.4 Å². The van der Waals surface area contributed by atoms with Crippen molar-refractivity contribution < 1.29 is 9.53 Å². The highest BCUT2D eigenvalue weighted by Gasteiger charge is 2.24. The van der Waals surface area contributed by atoms with Gasteiger partial charge < -0.3 is 9.64 Å². The van der Waals surface area contributed by atoms with E-state index in [1.54, 1.807) is 29.2 Å². The number of hydrogen-bond acceptors (Lipinski definition) is 4. The van der Waals surface area contributed by atoms with Crippen LogP contribution in [-0.4, -0.2) is 28.2 Å². The first-order valence-corrected chi connectivity index (χ1v) is 9.52. The van der Waals surface area contributed by atoms with Crippen molar-refractivity contribution in [3.63, 3.8) is 0 Å². The summed E-state index contributed by atoms with van der Waals surface area (Å²) >= 11 is 0. The van der Waals surface area contributed by atoms with Gasteiger partial charge in [-0.15, -0.1) is 0 Å². The number of anilines is 1. The van der Waals surface area contributed by atoms with Crippen LogP contribution in [-0.2, 0) is 17.8 Å². The topological polar surface area (TPSA) is 73.5 Å². The highest BCUT2D eigenvalue weighted by molar-refractivity contribution is 5.95. The molecule has 0 spiro atoms. The molecule has 2 heterocycles. The highest BCUT2D eigenvalue weighted by Crippen LogP contribution is 2.27. The SMILES string of the molecule is CCOc1ccccc1-n1ccn(CC(=O)N2CCc3ccccc32)c(=O)c1=O. The molecule has 1 aliphatic rings. The second-order valence-electron chi connectivity index (χ2n) is 6.73. The third-order valence-corrected chi connectivity index (χ3v) is 4.98. The number of benzene rings is 2. The second kappa shape index (κ2) is 7.79. The van der Waals surface area contributed by atoms with Crippen LogP contribution in [0.4, 0.5) is 5.69 Å². The van der Waals surface area contributed by atoms with E-state index in [1.165, 1.54) is 17.0 Å². The molecule has 148 valence electrons. The van der Waals surface area contributed by atoms with E-state index in [9.17, 15) is 14.4 Å². The molecule has 29 heavy (non-hydrogen) atoms. The number of rotatable bonds is 5. The monoisotopic (exact) mass is 391 g/mol. The molecule has 0 saturated heterocycles. The van der Waals surface area contributed by atoms with Gasteiger partial charge >= 0.3 is 11.1 Å². The average Bonchev–Trinajstić information content (AvgIpc) is 3.17. The molecule has 1 aromatic heterocycles. The lowest BCUT2D eigenvalue weighted by atomic mass is 10.2. The van der Waals surface area contributed by atoms with E-state index in [0.717, 1.165) is 22.2 Å². The molecule has 0 fully saturated rings. The molecule has 7 nitrogen and oxygen atoms in total. The van der Waals surface area contributed by atoms with E-state index in [2.05, 4.69) is 0 Å². The Hall–Kier alpha value is -3.61. The first-order chi connectivity index (χ1) is 14.1. The molecule has 4 rings (SSSR count). The van der Waals surface area contributed by atoms with Gasteiger partial charge in [0.15, 0.2) is 0 Å². The minimum Gasteiger partial charge on any atom is -0.492 e. The van der Waals surface area contributed by atoms with E-state index < -0.39 is 11.1 Å². The maximum absolute atomic E-state index is 12.8. The Bertz CT molecular complexity index is 1180. The normalized spacial score (nSPS) is 12.7. The molecule has 0 unspecified atom stereocenters. The molecule has 3 aromatic rings. The van der Waals surface area contributed by atoms with Gasteiger partial charge in [0.05, 0.1) is 12.3 Å². The second-order valence-corrected chi connectivity index (χ2v) is 6.73. The standard InChI is InChI=1S/C22H21N3O4/c1-2-29-19-10-6-5-9-18(19)25-14-13-23(21(27)22(25)28)15-20(26)24-12-11-16-7-3-4-8-17(16)24/h3-10,13-14H,2,11-12,15H2,1H3. The summed E-state index contributed by atoms with van der Waals surface area (Å²) in [5.41, 5.74) is 0.984. The number of nitrogens with zero attached hydrogens (tertiary/aromatic N) is 3. The lowest BCUT2D eigenvalue weighted by molar-refractivity contribution is -0.119. The van der Waals surface area contributed by atoms with Crippen molar-refractivity contribution in [1.29, 1.82) is 0 Å². The summed E-state index contributed by atoms with van der Waals surface area (Å²) in [5.74, 6) is 0.294. The Labute approximate surface area is 167 Å². The van der Waals surface area contributed by atoms with E-state index in [4.69, 9.17) is 4.74 Å². The molecule has 0 atom stereocenters. The van der Waals surface area contributed by atoms with E-state index >= 15 is 0 Å². The third kappa shape index (κ3) is 3.47. The van der Waals surface area contributed by atoms with Gasteiger partial charge in [0.25, 0.3) is 0 Å². The van der Waals surface area contributed by atoms with Gasteiger partial charge in [0.2, 0.25) is 5.91 Å². The molecule has 0 aliphatic carbocycles. The van der Waals surface area contributed by atoms with Crippen molar-refractivity contribution in [3.05, 3.63) is 87.2 Å². The molecule has 0 saturated carbocycles. The van der Waals surface area contributed by atoms with Crippen molar-refractivity contribution in [2.45, 2.75) is 19.9 Å². The summed E-state index contributed by atoms with van der Waals surface area (Å²) in [7, 11) is 0. The minimum absolute atomic E-state index is 0.184. The van der Waals surface area contributed by atoms with Crippen LogP contribution in [0.1, 0.15) is 12.5 Å². The number of carbonyl (C=O) groups excluding carboxylic acids is 1. The molecule has 7 heteroatoms. The molecule has 0 bridgehead atoms. The molecule has 0 radical (unpaired) electrons. The summed E-state index contributed by atoms with van der Waals surface area (Å²) in [6.07, 6.45) is 3.74. The number of fused-ring (bicyclic) bond motifs is 1. The zero-order valence-corrected chi connectivity index (χ0v) is 16.1. The number of amides is 1. The largest absolute Gasteiger partial charge is 0.492 e. The average molecular weight is 391 g/mol. The number of carbonyl (C=O) groups is 1. The predicted octanol–water partition coefficient (Wildman–Crippen LogP) is 1.99. The lowest BCUT2D eigenvalue weighted by Crippen LogP contribution is -2.43. The molecule has 2 aromatic carbocycles. The van der Waals surface area contributed by atoms with Gasteiger partial charge in [0.1, 0.15) is 12.3 Å². The highest BCUT2D eigenvalue weighted by atomic mass is 16.5. The van der Waals surface area contributed by atoms with Gasteiger partial charge in [-0.1, -0.05) is 30.3 Å². The third-order valence-electron chi connectivity index (χ3n) is 4.98. The van der Waals surface area contributed by atoms with Crippen LogP contribution in [0.3, 0.4) is 0 Å². The van der Waals surface area contributed by atoms with Crippen molar-refractivity contribution in [2.24, 2.45) is 0 Å². The summed E-state index contributed by atoms with van der Waals surface area (Å²) < 4.78 is 7.96. The first kappa shape index (κ1) is 18.7. The van der Waals surface area contributed by atoms with Crippen LogP contribution in [0.2, 0.25) is 0 Å². The minimum atomic E-state index is -0.750. The van der Waals surface area contributed by atoms with Gasteiger partial charge in [-0.2, -0.15) is 0 Å². The Kier molecular flexibility index (Phi) is 5.03. The van der Waals surface area contributed by atoms with Crippen molar-refractivity contribution in [2.75, 3.05) is 18.1 Å². The van der Waals surface area contributed by atoms with Crippen LogP contribution >= 0.6 is 0 Å². The number of aromatic nitrogens is 2. The van der Waals surface area contributed by atoms with Crippen molar-refractivity contribution in [1.82, 2.24) is 9.13 Å². The Balaban J connectivity index is 1.63. The molecular weight excluding hydrogens is 370 g/mol. The van der Waals surface area contributed by atoms with E-state index in [0.29, 0.717) is 24.6 Å². The van der Waals surface area contributed by atoms with Gasteiger partial charge in [-0.25, -0.2) is 0 Å².